The van der Waals surface area contributed by atoms with Gasteiger partial charge in [0, 0.05) is 18.1 Å². The van der Waals surface area contributed by atoms with Gasteiger partial charge in [0.2, 0.25) is 10.0 Å². The maximum Gasteiger partial charge on any atom is 0.241 e. The van der Waals surface area contributed by atoms with Crippen molar-refractivity contribution < 1.29 is 13.2 Å². The number of hydrogen-bond acceptors (Lipinski definition) is 4. The van der Waals surface area contributed by atoms with Gasteiger partial charge < -0.3 is 4.74 Å². The molecule has 4 nitrogen and oxygen atoms in total. The second kappa shape index (κ2) is 6.82. The SMILES string of the molecule is COC(CNS(=O)(=O)c1ccccc1Br)c1ccsc1. The lowest BCUT2D eigenvalue weighted by atomic mass is 10.2. The van der Waals surface area contributed by atoms with E-state index in [0.717, 1.165) is 5.56 Å². The Hall–Kier alpha value is -0.730. The zero-order valence-corrected chi connectivity index (χ0v) is 14.0. The second-order valence-electron chi connectivity index (χ2n) is 4.06. The van der Waals surface area contributed by atoms with Crippen LogP contribution in [0.4, 0.5) is 0 Å². The lowest BCUT2D eigenvalue weighted by Gasteiger charge is -2.15. The molecule has 1 aromatic carbocycles. The standard InChI is InChI=1S/C13H14BrNO3S2/c1-18-12(10-6-7-19-9-10)8-15-20(16,17)13-5-3-2-4-11(13)14/h2-7,9,12,15H,8H2,1H3. The second-order valence-corrected chi connectivity index (χ2v) is 7.43. The van der Waals surface area contributed by atoms with Gasteiger partial charge in [-0.25, -0.2) is 13.1 Å². The van der Waals surface area contributed by atoms with Gasteiger partial charge in [-0.15, -0.1) is 0 Å². The van der Waals surface area contributed by atoms with Crippen LogP contribution in [0.1, 0.15) is 11.7 Å². The lowest BCUT2D eigenvalue weighted by molar-refractivity contribution is 0.107. The van der Waals surface area contributed by atoms with E-state index in [9.17, 15) is 8.42 Å². The first-order valence-corrected chi connectivity index (χ1v) is 9.05. The summed E-state index contributed by atoms with van der Waals surface area (Å²) in [6.07, 6.45) is -0.293. The summed E-state index contributed by atoms with van der Waals surface area (Å²) < 4.78 is 32.9. The summed E-state index contributed by atoms with van der Waals surface area (Å²) in [6, 6.07) is 8.63. The minimum atomic E-state index is -3.56. The van der Waals surface area contributed by atoms with Gasteiger partial charge in [0.1, 0.15) is 0 Å². The molecule has 0 amide bonds. The largest absolute Gasteiger partial charge is 0.375 e. The molecule has 2 rings (SSSR count). The lowest BCUT2D eigenvalue weighted by Crippen LogP contribution is -2.29. The van der Waals surface area contributed by atoms with Gasteiger partial charge in [-0.3, -0.25) is 0 Å². The number of nitrogens with one attached hydrogen (secondary N) is 1. The van der Waals surface area contributed by atoms with E-state index in [2.05, 4.69) is 20.7 Å². The fourth-order valence-electron chi connectivity index (χ4n) is 1.72. The van der Waals surface area contributed by atoms with E-state index in [4.69, 9.17) is 4.74 Å². The highest BCUT2D eigenvalue weighted by atomic mass is 79.9. The summed E-state index contributed by atoms with van der Waals surface area (Å²) in [4.78, 5) is 0.222. The third-order valence-electron chi connectivity index (χ3n) is 2.78. The number of sulfonamides is 1. The molecule has 0 saturated heterocycles. The van der Waals surface area contributed by atoms with Crippen LogP contribution in [0.15, 0.2) is 50.5 Å². The van der Waals surface area contributed by atoms with Crippen LogP contribution in [0, 0.1) is 0 Å². The summed E-state index contributed by atoms with van der Waals surface area (Å²) in [5.74, 6) is 0. The number of thiophene rings is 1. The molecule has 1 aromatic heterocycles. The van der Waals surface area contributed by atoms with Crippen molar-refractivity contribution in [1.82, 2.24) is 4.72 Å². The summed E-state index contributed by atoms with van der Waals surface area (Å²) >= 11 is 4.80. The van der Waals surface area contributed by atoms with Crippen molar-refractivity contribution >= 4 is 37.3 Å². The molecular weight excluding hydrogens is 362 g/mol. The first-order valence-electron chi connectivity index (χ1n) is 5.83. The molecule has 1 atom stereocenters. The van der Waals surface area contributed by atoms with Crippen LogP contribution in [0.2, 0.25) is 0 Å². The molecule has 0 spiro atoms. The van der Waals surface area contributed by atoms with Crippen LogP contribution < -0.4 is 4.72 Å². The predicted octanol–water partition coefficient (Wildman–Crippen LogP) is 3.18. The molecule has 108 valence electrons. The Kier molecular flexibility index (Phi) is 5.34. The molecular formula is C13H14BrNO3S2. The number of rotatable bonds is 6. The van der Waals surface area contributed by atoms with Crippen molar-refractivity contribution in [3.05, 3.63) is 51.1 Å². The smallest absolute Gasteiger partial charge is 0.241 e. The molecule has 1 N–H and O–H groups in total. The summed E-state index contributed by atoms with van der Waals surface area (Å²) in [6.45, 7) is 0.191. The minimum absolute atomic E-state index is 0.191. The van der Waals surface area contributed by atoms with Crippen molar-refractivity contribution in [2.45, 2.75) is 11.0 Å². The fourth-order valence-corrected chi connectivity index (χ4v) is 4.46. The Morgan fingerprint density at radius 1 is 1.35 bits per heavy atom. The first kappa shape index (κ1) is 15.7. The molecule has 0 aliphatic rings. The predicted molar refractivity (Wildman–Crippen MR) is 83.4 cm³/mol. The number of benzene rings is 1. The normalized spacial score (nSPS) is 13.3. The number of methoxy groups -OCH3 is 1. The quantitative estimate of drug-likeness (QED) is 0.843. The van der Waals surface area contributed by atoms with Gasteiger partial charge in [0.25, 0.3) is 0 Å². The van der Waals surface area contributed by atoms with Crippen molar-refractivity contribution in [3.8, 4) is 0 Å². The minimum Gasteiger partial charge on any atom is -0.375 e. The Bertz CT molecular complexity index is 656. The van der Waals surface area contributed by atoms with E-state index < -0.39 is 10.0 Å². The Morgan fingerprint density at radius 3 is 2.70 bits per heavy atom. The molecule has 7 heteroatoms. The summed E-state index contributed by atoms with van der Waals surface area (Å²) in [7, 11) is -2.00. The van der Waals surface area contributed by atoms with E-state index in [1.807, 2.05) is 16.8 Å². The van der Waals surface area contributed by atoms with Crippen molar-refractivity contribution in [2.24, 2.45) is 0 Å². The molecule has 1 unspecified atom stereocenters. The summed E-state index contributed by atoms with van der Waals surface area (Å²) in [5, 5.41) is 3.88. The molecule has 0 aliphatic carbocycles. The van der Waals surface area contributed by atoms with Gasteiger partial charge >= 0.3 is 0 Å². The van der Waals surface area contributed by atoms with E-state index in [1.54, 1.807) is 42.7 Å². The van der Waals surface area contributed by atoms with E-state index in [-0.39, 0.29) is 17.5 Å². The topological polar surface area (TPSA) is 55.4 Å². The molecule has 0 bridgehead atoms. The molecule has 1 heterocycles. The molecule has 2 aromatic rings. The maximum atomic E-state index is 12.2. The third kappa shape index (κ3) is 3.67. The van der Waals surface area contributed by atoms with E-state index >= 15 is 0 Å². The van der Waals surface area contributed by atoms with Gasteiger partial charge in [-0.2, -0.15) is 11.3 Å². The summed E-state index contributed by atoms with van der Waals surface area (Å²) in [5.41, 5.74) is 0.965. The Morgan fingerprint density at radius 2 is 2.10 bits per heavy atom. The highest BCUT2D eigenvalue weighted by Crippen LogP contribution is 2.23. The zero-order valence-electron chi connectivity index (χ0n) is 10.7. The number of hydrogen-bond donors (Lipinski definition) is 1. The van der Waals surface area contributed by atoms with E-state index in [0.29, 0.717) is 4.47 Å². The van der Waals surface area contributed by atoms with Crippen molar-refractivity contribution in [2.75, 3.05) is 13.7 Å². The van der Waals surface area contributed by atoms with Crippen LogP contribution in [0.5, 0.6) is 0 Å². The van der Waals surface area contributed by atoms with Crippen molar-refractivity contribution in [1.29, 1.82) is 0 Å². The van der Waals surface area contributed by atoms with Crippen LogP contribution in [0.3, 0.4) is 0 Å². The van der Waals surface area contributed by atoms with Crippen LogP contribution >= 0.6 is 27.3 Å². The molecule has 0 aliphatic heterocycles. The highest BCUT2D eigenvalue weighted by molar-refractivity contribution is 9.10. The monoisotopic (exact) mass is 375 g/mol. The first-order chi connectivity index (χ1) is 9.54. The van der Waals surface area contributed by atoms with Gasteiger partial charge in [0.05, 0.1) is 11.0 Å². The number of ether oxygens (including phenoxy) is 1. The van der Waals surface area contributed by atoms with Crippen LogP contribution in [-0.4, -0.2) is 22.1 Å². The Balaban J connectivity index is 2.12. The number of halogens is 1. The van der Waals surface area contributed by atoms with Crippen molar-refractivity contribution in [3.63, 3.8) is 0 Å². The Labute approximate surface area is 131 Å². The maximum absolute atomic E-state index is 12.2. The zero-order chi connectivity index (χ0) is 14.6. The van der Waals surface area contributed by atoms with Crippen LogP contribution in [-0.2, 0) is 14.8 Å². The molecule has 0 saturated carbocycles. The fraction of sp³-hybridized carbons (Fsp3) is 0.231. The van der Waals surface area contributed by atoms with Crippen LogP contribution in [0.25, 0.3) is 0 Å². The van der Waals surface area contributed by atoms with Gasteiger partial charge in [-0.1, -0.05) is 12.1 Å². The molecule has 0 radical (unpaired) electrons. The van der Waals surface area contributed by atoms with Gasteiger partial charge in [-0.05, 0) is 50.5 Å². The molecule has 0 fully saturated rings. The average molecular weight is 376 g/mol. The van der Waals surface area contributed by atoms with Gasteiger partial charge in [0.15, 0.2) is 0 Å². The average Bonchev–Trinajstić information content (AvgIpc) is 2.94. The highest BCUT2D eigenvalue weighted by Gasteiger charge is 2.20. The third-order valence-corrected chi connectivity index (χ3v) is 5.92. The molecule has 20 heavy (non-hydrogen) atoms. The van der Waals surface area contributed by atoms with E-state index in [1.165, 1.54) is 0 Å².